The van der Waals surface area contributed by atoms with Crippen molar-refractivity contribution in [2.45, 2.75) is 76.5 Å². The molecule has 0 aromatic carbocycles. The first-order chi connectivity index (χ1) is 12.8. The summed E-state index contributed by atoms with van der Waals surface area (Å²) in [7, 11) is -3.53. The van der Waals surface area contributed by atoms with Crippen LogP contribution in [0.15, 0.2) is 23.2 Å². The average Bonchev–Trinajstić information content (AvgIpc) is 3.15. The molecule has 0 aliphatic carbocycles. The first kappa shape index (κ1) is 20.6. The Morgan fingerprint density at radius 2 is 1.78 bits per heavy atom. The maximum absolute atomic E-state index is 13.0. The van der Waals surface area contributed by atoms with E-state index in [9.17, 15) is 8.42 Å². The number of sulfonamides is 1. The number of aromatic nitrogens is 1. The lowest BCUT2D eigenvalue weighted by molar-refractivity contribution is 0.0531. The summed E-state index contributed by atoms with van der Waals surface area (Å²) in [5.74, 6) is 1.51. The van der Waals surface area contributed by atoms with Crippen molar-refractivity contribution < 1.29 is 13.2 Å². The SMILES string of the molecule is CC(C)N(C(C)C)S(=O)(=O)c1ccc(N2CCC(C3CCCO3)CC2)nc1. The number of hydrogen-bond acceptors (Lipinski definition) is 5. The van der Waals surface area contributed by atoms with Crippen LogP contribution >= 0.6 is 0 Å². The Bertz CT molecular complexity index is 696. The largest absolute Gasteiger partial charge is 0.378 e. The normalized spacial score (nSPS) is 22.3. The fraction of sp³-hybridized carbons (Fsp3) is 0.750. The van der Waals surface area contributed by atoms with E-state index in [1.54, 1.807) is 6.07 Å². The molecule has 0 amide bonds. The molecule has 3 rings (SSSR count). The third-order valence-electron chi connectivity index (χ3n) is 5.67. The second-order valence-corrected chi connectivity index (χ2v) is 10.1. The Hall–Kier alpha value is -1.18. The van der Waals surface area contributed by atoms with E-state index in [1.165, 1.54) is 23.3 Å². The number of anilines is 1. The van der Waals surface area contributed by atoms with E-state index in [4.69, 9.17) is 4.74 Å². The zero-order valence-electron chi connectivity index (χ0n) is 17.0. The zero-order chi connectivity index (χ0) is 19.6. The van der Waals surface area contributed by atoms with Gasteiger partial charge in [-0.15, -0.1) is 0 Å². The molecule has 0 N–H and O–H groups in total. The lowest BCUT2D eigenvalue weighted by Gasteiger charge is -2.35. The smallest absolute Gasteiger partial charge is 0.245 e. The van der Waals surface area contributed by atoms with Crippen molar-refractivity contribution >= 4 is 15.8 Å². The molecular formula is C20H33N3O3S. The minimum atomic E-state index is -3.53. The maximum Gasteiger partial charge on any atom is 0.245 e. The summed E-state index contributed by atoms with van der Waals surface area (Å²) in [6.45, 7) is 10.4. The van der Waals surface area contributed by atoms with Gasteiger partial charge < -0.3 is 9.64 Å². The molecule has 0 spiro atoms. The first-order valence-electron chi connectivity index (χ1n) is 10.2. The predicted molar refractivity (Wildman–Crippen MR) is 107 cm³/mol. The van der Waals surface area contributed by atoms with E-state index in [-0.39, 0.29) is 17.0 Å². The minimum Gasteiger partial charge on any atom is -0.378 e. The van der Waals surface area contributed by atoms with Gasteiger partial charge in [0.1, 0.15) is 10.7 Å². The Morgan fingerprint density at radius 1 is 1.11 bits per heavy atom. The van der Waals surface area contributed by atoms with Gasteiger partial charge in [0.15, 0.2) is 0 Å². The van der Waals surface area contributed by atoms with Crippen molar-refractivity contribution in [3.05, 3.63) is 18.3 Å². The minimum absolute atomic E-state index is 0.0912. The standard InChI is InChI=1S/C20H33N3O3S/c1-15(2)23(16(3)4)27(24,25)18-7-8-20(21-14-18)22-11-9-17(10-12-22)19-6-5-13-26-19/h7-8,14-17,19H,5-6,9-13H2,1-4H3. The molecule has 27 heavy (non-hydrogen) atoms. The number of pyridine rings is 1. The molecule has 2 fully saturated rings. The summed E-state index contributed by atoms with van der Waals surface area (Å²) < 4.78 is 33.3. The Balaban J connectivity index is 1.67. The summed E-state index contributed by atoms with van der Waals surface area (Å²) in [5.41, 5.74) is 0. The summed E-state index contributed by atoms with van der Waals surface area (Å²) >= 11 is 0. The molecule has 0 saturated carbocycles. The van der Waals surface area contributed by atoms with Crippen LogP contribution in [0.1, 0.15) is 53.4 Å². The Labute approximate surface area is 164 Å². The van der Waals surface area contributed by atoms with Gasteiger partial charge in [0, 0.05) is 38.0 Å². The van der Waals surface area contributed by atoms with Crippen LogP contribution in [0.25, 0.3) is 0 Å². The molecule has 6 nitrogen and oxygen atoms in total. The average molecular weight is 396 g/mol. The Morgan fingerprint density at radius 3 is 2.26 bits per heavy atom. The molecule has 0 radical (unpaired) electrons. The van der Waals surface area contributed by atoms with Crippen molar-refractivity contribution in [2.24, 2.45) is 5.92 Å². The van der Waals surface area contributed by atoms with Gasteiger partial charge in [-0.05, 0) is 71.4 Å². The van der Waals surface area contributed by atoms with Crippen molar-refractivity contribution in [3.63, 3.8) is 0 Å². The molecule has 2 aliphatic rings. The van der Waals surface area contributed by atoms with Gasteiger partial charge in [-0.25, -0.2) is 13.4 Å². The van der Waals surface area contributed by atoms with Crippen molar-refractivity contribution in [3.8, 4) is 0 Å². The van der Waals surface area contributed by atoms with Crippen molar-refractivity contribution in [1.29, 1.82) is 0 Å². The summed E-state index contributed by atoms with van der Waals surface area (Å²) in [5, 5.41) is 0. The zero-order valence-corrected chi connectivity index (χ0v) is 17.8. The molecule has 3 heterocycles. The van der Waals surface area contributed by atoms with Gasteiger partial charge in [-0.3, -0.25) is 0 Å². The second-order valence-electron chi connectivity index (χ2n) is 8.25. The van der Waals surface area contributed by atoms with E-state index in [1.807, 2.05) is 33.8 Å². The maximum atomic E-state index is 13.0. The predicted octanol–water partition coefficient (Wildman–Crippen LogP) is 3.28. The summed E-state index contributed by atoms with van der Waals surface area (Å²) in [4.78, 5) is 7.00. The molecular weight excluding hydrogens is 362 g/mol. The van der Waals surface area contributed by atoms with Crippen LogP contribution in [0.2, 0.25) is 0 Å². The van der Waals surface area contributed by atoms with Crippen molar-refractivity contribution in [1.82, 2.24) is 9.29 Å². The van der Waals surface area contributed by atoms with E-state index >= 15 is 0 Å². The highest BCUT2D eigenvalue weighted by molar-refractivity contribution is 7.89. The van der Waals surface area contributed by atoms with Gasteiger partial charge in [0.25, 0.3) is 0 Å². The first-order valence-corrected chi connectivity index (χ1v) is 11.6. The monoisotopic (exact) mass is 395 g/mol. The van der Waals surface area contributed by atoms with Gasteiger partial charge in [0.05, 0.1) is 6.10 Å². The molecule has 0 bridgehead atoms. The van der Waals surface area contributed by atoms with Crippen LogP contribution in [-0.2, 0) is 14.8 Å². The van der Waals surface area contributed by atoms with Crippen LogP contribution in [0.3, 0.4) is 0 Å². The van der Waals surface area contributed by atoms with E-state index < -0.39 is 10.0 Å². The molecule has 1 aromatic rings. The number of nitrogens with zero attached hydrogens (tertiary/aromatic N) is 3. The topological polar surface area (TPSA) is 62.7 Å². The number of hydrogen-bond donors (Lipinski definition) is 0. The van der Waals surface area contributed by atoms with Gasteiger partial charge >= 0.3 is 0 Å². The lowest BCUT2D eigenvalue weighted by Crippen LogP contribution is -2.42. The quantitative estimate of drug-likeness (QED) is 0.740. The van der Waals surface area contributed by atoms with Crippen molar-refractivity contribution in [2.75, 3.05) is 24.6 Å². The van der Waals surface area contributed by atoms with E-state index in [2.05, 4.69) is 9.88 Å². The Kier molecular flexibility index (Phi) is 6.43. The van der Waals surface area contributed by atoms with Gasteiger partial charge in [-0.1, -0.05) is 0 Å². The highest BCUT2D eigenvalue weighted by Crippen LogP contribution is 2.30. The number of ether oxygens (including phenoxy) is 1. The fourth-order valence-corrected chi connectivity index (χ4v) is 6.24. The highest BCUT2D eigenvalue weighted by Gasteiger charge is 2.31. The van der Waals surface area contributed by atoms with Gasteiger partial charge in [0.2, 0.25) is 10.0 Å². The third kappa shape index (κ3) is 4.46. The number of piperidine rings is 1. The third-order valence-corrected chi connectivity index (χ3v) is 7.90. The van der Waals surface area contributed by atoms with Gasteiger partial charge in [-0.2, -0.15) is 4.31 Å². The van der Waals surface area contributed by atoms with Crippen LogP contribution in [-0.4, -0.2) is 55.6 Å². The van der Waals surface area contributed by atoms with Crippen LogP contribution in [0, 0.1) is 5.92 Å². The molecule has 2 saturated heterocycles. The summed E-state index contributed by atoms with van der Waals surface area (Å²) in [6, 6.07) is 3.36. The summed E-state index contributed by atoms with van der Waals surface area (Å²) in [6.07, 6.45) is 6.55. The molecule has 1 aromatic heterocycles. The van der Waals surface area contributed by atoms with E-state index in [0.717, 1.165) is 38.4 Å². The number of rotatable bonds is 6. The molecule has 7 heteroatoms. The molecule has 1 unspecified atom stereocenters. The lowest BCUT2D eigenvalue weighted by atomic mass is 9.90. The molecule has 152 valence electrons. The molecule has 1 atom stereocenters. The highest BCUT2D eigenvalue weighted by atomic mass is 32.2. The van der Waals surface area contributed by atoms with Crippen LogP contribution in [0.5, 0.6) is 0 Å². The fourth-order valence-electron chi connectivity index (χ4n) is 4.46. The molecule has 2 aliphatic heterocycles. The van der Waals surface area contributed by atoms with Crippen LogP contribution < -0.4 is 4.90 Å². The van der Waals surface area contributed by atoms with E-state index in [0.29, 0.717) is 12.0 Å². The van der Waals surface area contributed by atoms with Crippen LogP contribution in [0.4, 0.5) is 5.82 Å². The second kappa shape index (κ2) is 8.45.